The number of ketones is 1. The first kappa shape index (κ1) is 13.3. The molecule has 5 heteroatoms. The van der Waals surface area contributed by atoms with E-state index in [4.69, 9.17) is 0 Å². The maximum absolute atomic E-state index is 12.8. The molecule has 0 bridgehead atoms. The maximum Gasteiger partial charge on any atom is 0.201 e. The second kappa shape index (κ2) is 4.30. The number of rotatable bonds is 1. The number of anilines is 1. The molecule has 5 nitrogen and oxygen atoms in total. The van der Waals surface area contributed by atoms with Gasteiger partial charge in [0.1, 0.15) is 0 Å². The van der Waals surface area contributed by atoms with Crippen molar-refractivity contribution in [3.8, 4) is 0 Å². The Hall–Kier alpha value is -2.40. The zero-order valence-corrected chi connectivity index (χ0v) is 12.6. The summed E-state index contributed by atoms with van der Waals surface area (Å²) in [6.07, 6.45) is 5.97. The number of benzene rings is 1. The molecule has 1 aliphatic heterocycles. The summed E-state index contributed by atoms with van der Waals surface area (Å²) in [5.74, 6) is -0.199. The Morgan fingerprint density at radius 3 is 2.91 bits per heavy atom. The SMILES string of the molecule is Cc1ccc2c(c1)C(=O)[C@]1(O)CCN(c3cnn(C)c3)C1=C2. The van der Waals surface area contributed by atoms with Gasteiger partial charge in [-0.15, -0.1) is 0 Å². The van der Waals surface area contributed by atoms with E-state index in [2.05, 4.69) is 5.10 Å². The van der Waals surface area contributed by atoms with Gasteiger partial charge in [-0.3, -0.25) is 9.48 Å². The average molecular weight is 295 g/mol. The van der Waals surface area contributed by atoms with Crippen molar-refractivity contribution >= 4 is 17.5 Å². The molecule has 1 aromatic carbocycles. The fourth-order valence-electron chi connectivity index (χ4n) is 3.35. The van der Waals surface area contributed by atoms with Gasteiger partial charge in [0.2, 0.25) is 5.78 Å². The highest BCUT2D eigenvalue weighted by Gasteiger charge is 2.50. The van der Waals surface area contributed by atoms with Gasteiger partial charge in [0.15, 0.2) is 5.60 Å². The fourth-order valence-corrected chi connectivity index (χ4v) is 3.35. The smallest absolute Gasteiger partial charge is 0.201 e. The minimum absolute atomic E-state index is 0.199. The number of hydrogen-bond donors (Lipinski definition) is 1. The van der Waals surface area contributed by atoms with Crippen LogP contribution in [0, 0.1) is 6.92 Å². The molecule has 2 aromatic rings. The Balaban J connectivity index is 1.87. The van der Waals surface area contributed by atoms with Gasteiger partial charge in [-0.05, 0) is 24.6 Å². The molecule has 112 valence electrons. The van der Waals surface area contributed by atoms with Crippen molar-refractivity contribution < 1.29 is 9.90 Å². The average Bonchev–Trinajstić information content (AvgIpc) is 3.05. The molecule has 0 unspecified atom stereocenters. The second-order valence-electron chi connectivity index (χ2n) is 6.08. The summed E-state index contributed by atoms with van der Waals surface area (Å²) in [7, 11) is 1.85. The zero-order valence-electron chi connectivity index (χ0n) is 12.6. The summed E-state index contributed by atoms with van der Waals surface area (Å²) in [5.41, 5.74) is 2.63. The maximum atomic E-state index is 12.8. The molecule has 4 rings (SSSR count). The standard InChI is InChI=1S/C17H17N3O2/c1-11-3-4-12-8-15-17(22,16(21)14(12)7-11)5-6-20(15)13-9-18-19(2)10-13/h3-4,7-10,22H,5-6H2,1-2H3/t17-/m0/s1. The van der Waals surface area contributed by atoms with Crippen LogP contribution in [0.2, 0.25) is 0 Å². The Morgan fingerprint density at radius 2 is 2.18 bits per heavy atom. The number of Topliss-reactive ketones (excluding diaryl/α,β-unsaturated/α-hetero) is 1. The van der Waals surface area contributed by atoms with Gasteiger partial charge in [0.05, 0.1) is 17.6 Å². The molecule has 0 spiro atoms. The van der Waals surface area contributed by atoms with Crippen LogP contribution in [0.4, 0.5) is 5.69 Å². The van der Waals surface area contributed by atoms with Crippen LogP contribution in [0.15, 0.2) is 36.3 Å². The third-order valence-corrected chi connectivity index (χ3v) is 4.54. The van der Waals surface area contributed by atoms with Gasteiger partial charge in [-0.2, -0.15) is 5.10 Å². The van der Waals surface area contributed by atoms with Gasteiger partial charge in [0, 0.05) is 31.8 Å². The molecular formula is C17H17N3O2. The molecule has 2 aliphatic rings. The van der Waals surface area contributed by atoms with Crippen molar-refractivity contribution in [2.45, 2.75) is 18.9 Å². The molecule has 1 N–H and O–H groups in total. The Kier molecular flexibility index (Phi) is 2.60. The van der Waals surface area contributed by atoms with Crippen molar-refractivity contribution in [1.82, 2.24) is 9.78 Å². The van der Waals surface area contributed by atoms with E-state index in [0.29, 0.717) is 24.2 Å². The molecule has 22 heavy (non-hydrogen) atoms. The molecule has 0 saturated carbocycles. The lowest BCUT2D eigenvalue weighted by molar-refractivity contribution is 0.0511. The van der Waals surface area contributed by atoms with Crippen molar-refractivity contribution in [3.05, 3.63) is 53.0 Å². The van der Waals surface area contributed by atoms with Crippen molar-refractivity contribution in [2.24, 2.45) is 7.05 Å². The van der Waals surface area contributed by atoms with E-state index >= 15 is 0 Å². The van der Waals surface area contributed by atoms with Gasteiger partial charge < -0.3 is 10.0 Å². The van der Waals surface area contributed by atoms with E-state index in [1.165, 1.54) is 0 Å². The molecule has 0 radical (unpaired) electrons. The van der Waals surface area contributed by atoms with Crippen molar-refractivity contribution in [2.75, 3.05) is 11.4 Å². The predicted molar refractivity (Wildman–Crippen MR) is 83.6 cm³/mol. The summed E-state index contributed by atoms with van der Waals surface area (Å²) in [5, 5.41) is 15.1. The molecule has 0 amide bonds. The number of aliphatic hydroxyl groups is 1. The monoisotopic (exact) mass is 295 g/mol. The highest BCUT2D eigenvalue weighted by molar-refractivity contribution is 6.11. The Labute approximate surface area is 128 Å². The van der Waals surface area contributed by atoms with E-state index in [0.717, 1.165) is 16.8 Å². The lowest BCUT2D eigenvalue weighted by Crippen LogP contribution is -2.42. The van der Waals surface area contributed by atoms with E-state index in [9.17, 15) is 9.90 Å². The van der Waals surface area contributed by atoms with Gasteiger partial charge in [-0.25, -0.2) is 0 Å². The third-order valence-electron chi connectivity index (χ3n) is 4.54. The van der Waals surface area contributed by atoms with E-state index in [-0.39, 0.29) is 5.78 Å². The van der Waals surface area contributed by atoms with Gasteiger partial charge in [-0.1, -0.05) is 17.7 Å². The van der Waals surface area contributed by atoms with Crippen LogP contribution in [-0.2, 0) is 7.05 Å². The second-order valence-corrected chi connectivity index (χ2v) is 6.08. The van der Waals surface area contributed by atoms with Crippen LogP contribution in [-0.4, -0.2) is 32.8 Å². The van der Waals surface area contributed by atoms with E-state index < -0.39 is 5.60 Å². The highest BCUT2D eigenvalue weighted by Crippen LogP contribution is 2.42. The summed E-state index contributed by atoms with van der Waals surface area (Å²) in [4.78, 5) is 14.8. The highest BCUT2D eigenvalue weighted by atomic mass is 16.3. The summed E-state index contributed by atoms with van der Waals surface area (Å²) < 4.78 is 1.72. The van der Waals surface area contributed by atoms with Gasteiger partial charge >= 0.3 is 0 Å². The number of fused-ring (bicyclic) bond motifs is 2. The molecule has 1 fully saturated rings. The predicted octanol–water partition coefficient (Wildman–Crippen LogP) is 1.91. The van der Waals surface area contributed by atoms with Gasteiger partial charge in [0.25, 0.3) is 0 Å². The van der Waals surface area contributed by atoms with Crippen LogP contribution in [0.5, 0.6) is 0 Å². The number of nitrogens with zero attached hydrogens (tertiary/aromatic N) is 3. The minimum Gasteiger partial charge on any atom is -0.375 e. The summed E-state index contributed by atoms with van der Waals surface area (Å²) >= 11 is 0. The topological polar surface area (TPSA) is 58.4 Å². The normalized spacial score (nSPS) is 23.3. The quantitative estimate of drug-likeness (QED) is 0.873. The molecular weight excluding hydrogens is 278 g/mol. The summed E-state index contributed by atoms with van der Waals surface area (Å²) in [6, 6.07) is 5.78. The number of carbonyl (C=O) groups is 1. The fraction of sp³-hybridized carbons (Fsp3) is 0.294. The van der Waals surface area contributed by atoms with Crippen molar-refractivity contribution in [3.63, 3.8) is 0 Å². The first-order valence-corrected chi connectivity index (χ1v) is 7.35. The number of carbonyl (C=O) groups excluding carboxylic acids is 1. The minimum atomic E-state index is -1.42. The van der Waals surface area contributed by atoms with E-state index in [1.807, 2.05) is 49.3 Å². The summed E-state index contributed by atoms with van der Waals surface area (Å²) in [6.45, 7) is 2.56. The number of aromatic nitrogens is 2. The van der Waals surface area contributed by atoms with Crippen molar-refractivity contribution in [1.29, 1.82) is 0 Å². The lowest BCUT2D eigenvalue weighted by atomic mass is 9.81. The molecule has 1 aromatic heterocycles. The van der Waals surface area contributed by atoms with Crippen LogP contribution in [0.25, 0.3) is 6.08 Å². The Morgan fingerprint density at radius 1 is 1.36 bits per heavy atom. The first-order chi connectivity index (χ1) is 10.5. The third kappa shape index (κ3) is 1.69. The van der Waals surface area contributed by atoms with Crippen LogP contribution < -0.4 is 4.90 Å². The number of hydrogen-bond acceptors (Lipinski definition) is 4. The Bertz CT molecular complexity index is 821. The van der Waals surface area contributed by atoms with Crippen LogP contribution in [0.3, 0.4) is 0 Å². The lowest BCUT2D eigenvalue weighted by Gasteiger charge is -2.30. The van der Waals surface area contributed by atoms with Crippen LogP contribution in [0.1, 0.15) is 27.9 Å². The molecule has 1 atom stereocenters. The molecule has 1 aliphatic carbocycles. The first-order valence-electron chi connectivity index (χ1n) is 7.35. The number of aryl methyl sites for hydroxylation is 2. The largest absolute Gasteiger partial charge is 0.375 e. The molecule has 1 saturated heterocycles. The molecule has 2 heterocycles. The van der Waals surface area contributed by atoms with Crippen LogP contribution >= 0.6 is 0 Å². The zero-order chi connectivity index (χ0) is 15.5. The van der Waals surface area contributed by atoms with E-state index in [1.54, 1.807) is 10.9 Å².